The lowest BCUT2D eigenvalue weighted by Gasteiger charge is -2.47. The van der Waals surface area contributed by atoms with Gasteiger partial charge in [-0.05, 0) is 47.9 Å². The molecule has 0 radical (unpaired) electrons. The Kier molecular flexibility index (Phi) is 8.40. The fourth-order valence-corrected chi connectivity index (χ4v) is 4.90. The van der Waals surface area contributed by atoms with E-state index in [4.69, 9.17) is 18.9 Å². The molecule has 6 nitrogen and oxygen atoms in total. The summed E-state index contributed by atoms with van der Waals surface area (Å²) in [5.74, 6) is 0. The van der Waals surface area contributed by atoms with Gasteiger partial charge >= 0.3 is 0 Å². The van der Waals surface area contributed by atoms with Crippen molar-refractivity contribution in [2.45, 2.75) is 90.4 Å². The Morgan fingerprint density at radius 2 is 1.38 bits per heavy atom. The molecule has 2 fully saturated rings. The van der Waals surface area contributed by atoms with E-state index < -0.39 is 43.6 Å². The molecule has 0 amide bonds. The van der Waals surface area contributed by atoms with E-state index in [9.17, 15) is 10.2 Å². The summed E-state index contributed by atoms with van der Waals surface area (Å²) in [5.41, 5.74) is 6.68. The van der Waals surface area contributed by atoms with Gasteiger partial charge in [0.1, 0.15) is 24.4 Å². The number of ether oxygens (including phenoxy) is 4. The van der Waals surface area contributed by atoms with Gasteiger partial charge in [-0.2, -0.15) is 0 Å². The minimum atomic E-state index is -1.09. The number of hydrogen-bond acceptors (Lipinski definition) is 6. The van der Waals surface area contributed by atoms with Crippen molar-refractivity contribution in [2.24, 2.45) is 0 Å². The fourth-order valence-electron chi connectivity index (χ4n) is 4.90. The highest BCUT2D eigenvalue weighted by atomic mass is 16.8. The predicted molar refractivity (Wildman–Crippen MR) is 130 cm³/mol. The second-order valence-electron chi connectivity index (χ2n) is 9.10. The monoisotopic (exact) mass is 470 g/mol. The Morgan fingerprint density at radius 1 is 0.794 bits per heavy atom. The molecule has 34 heavy (non-hydrogen) atoms. The van der Waals surface area contributed by atoms with Crippen molar-refractivity contribution in [3.63, 3.8) is 0 Å². The van der Waals surface area contributed by atoms with Gasteiger partial charge in [0, 0.05) is 11.1 Å². The van der Waals surface area contributed by atoms with Gasteiger partial charge in [0.05, 0.1) is 13.2 Å². The molecular weight excluding hydrogens is 432 g/mol. The fraction of sp³-hybridized carbons (Fsp3) is 0.571. The summed E-state index contributed by atoms with van der Waals surface area (Å²) in [6.07, 6.45) is -0.521. The molecule has 2 unspecified atom stereocenters. The second-order valence-corrected chi connectivity index (χ2v) is 9.10. The van der Waals surface area contributed by atoms with E-state index in [0.717, 1.165) is 42.4 Å². The van der Waals surface area contributed by atoms with Gasteiger partial charge in [0.2, 0.25) is 0 Å². The number of aliphatic hydroxyl groups is 2. The summed E-state index contributed by atoms with van der Waals surface area (Å²) < 4.78 is 25.2. The molecule has 0 saturated carbocycles. The van der Waals surface area contributed by atoms with Crippen LogP contribution >= 0.6 is 0 Å². The zero-order valence-electron chi connectivity index (χ0n) is 20.7. The van der Waals surface area contributed by atoms with Gasteiger partial charge in [0.25, 0.3) is 0 Å². The van der Waals surface area contributed by atoms with E-state index in [0.29, 0.717) is 6.61 Å². The Bertz CT molecular complexity index is 958. The average molecular weight is 471 g/mol. The maximum absolute atomic E-state index is 10.7. The Hall–Kier alpha value is -1.80. The maximum Gasteiger partial charge on any atom is 0.185 e. The van der Waals surface area contributed by atoms with Crippen LogP contribution in [-0.4, -0.2) is 47.8 Å². The summed E-state index contributed by atoms with van der Waals surface area (Å²) in [6, 6.07) is 12.8. The van der Waals surface area contributed by atoms with Crippen LogP contribution in [0, 0.1) is 0 Å². The van der Waals surface area contributed by atoms with Gasteiger partial charge in [-0.3, -0.25) is 0 Å². The quantitative estimate of drug-likeness (QED) is 0.603. The molecule has 2 aliphatic rings. The molecule has 0 aliphatic carbocycles. The molecule has 4 rings (SSSR count). The van der Waals surface area contributed by atoms with Crippen LogP contribution in [0.25, 0.3) is 0 Å². The van der Waals surface area contributed by atoms with E-state index in [1.54, 1.807) is 0 Å². The summed E-state index contributed by atoms with van der Waals surface area (Å²) in [6.45, 7) is 8.35. The molecule has 6 atom stereocenters. The van der Waals surface area contributed by atoms with Gasteiger partial charge in [0.15, 0.2) is 12.6 Å². The van der Waals surface area contributed by atoms with Crippen LogP contribution < -0.4 is 0 Å². The van der Waals surface area contributed by atoms with Crippen molar-refractivity contribution in [1.82, 2.24) is 0 Å². The Morgan fingerprint density at radius 3 is 1.91 bits per heavy atom. The van der Waals surface area contributed by atoms with Crippen LogP contribution in [0.2, 0.25) is 0 Å². The van der Waals surface area contributed by atoms with Crippen LogP contribution in [0.1, 0.15) is 73.7 Å². The van der Waals surface area contributed by atoms with Crippen LogP contribution in [0.4, 0.5) is 0 Å². The number of fused-ring (bicyclic) bond motifs is 1. The summed E-state index contributed by atoms with van der Waals surface area (Å²) >= 11 is 0. The molecule has 2 N–H and O–H groups in total. The third-order valence-corrected chi connectivity index (χ3v) is 7.03. The molecule has 186 valence electrons. The molecule has 2 aliphatic heterocycles. The first-order valence-electron chi connectivity index (χ1n) is 12.6. The lowest BCUT2D eigenvalue weighted by atomic mass is 9.96. The molecule has 0 bridgehead atoms. The van der Waals surface area contributed by atoms with Crippen molar-refractivity contribution in [3.8, 4) is 0 Å². The number of hydrogen-bond donors (Lipinski definition) is 2. The molecular formula is C28H38O6. The molecule has 6 heteroatoms. The summed E-state index contributed by atoms with van der Waals surface area (Å²) in [7, 11) is 0. The largest absolute Gasteiger partial charge is 0.394 e. The Labute approximate surface area is 202 Å². The third kappa shape index (κ3) is 5.08. The third-order valence-electron chi connectivity index (χ3n) is 7.03. The maximum atomic E-state index is 10.7. The van der Waals surface area contributed by atoms with E-state index in [-0.39, 0.29) is 0 Å². The standard InChI is InChI=1S/C28H38O6/c1-5-17-9-11-19(7-3)21(13-17)27-31-16-24-26(34-27)25(23(30)15-29)33-28(32-24)22-14-18(6-2)10-12-20(22)8-4/h9-14,23-30H,5-8,15-16H2,1-4H3/t23-,24+,25-,26-,27?,28?/m1/s1. The van der Waals surface area contributed by atoms with Crippen LogP contribution in [0.5, 0.6) is 0 Å². The topological polar surface area (TPSA) is 77.4 Å². The first kappa shape index (κ1) is 25.3. The normalized spacial score (nSPS) is 27.9. The minimum Gasteiger partial charge on any atom is -0.394 e. The highest BCUT2D eigenvalue weighted by Gasteiger charge is 2.48. The van der Waals surface area contributed by atoms with Gasteiger partial charge in [-0.25, -0.2) is 0 Å². The van der Waals surface area contributed by atoms with E-state index in [1.165, 1.54) is 16.7 Å². The van der Waals surface area contributed by atoms with E-state index in [2.05, 4.69) is 64.1 Å². The van der Waals surface area contributed by atoms with Crippen molar-refractivity contribution in [1.29, 1.82) is 0 Å². The summed E-state index contributed by atoms with van der Waals surface area (Å²) in [5, 5.41) is 20.5. The number of aliphatic hydroxyl groups excluding tert-OH is 2. The van der Waals surface area contributed by atoms with Gasteiger partial charge < -0.3 is 29.2 Å². The number of benzene rings is 2. The number of aryl methyl sites for hydroxylation is 4. The smallest absolute Gasteiger partial charge is 0.185 e. The lowest BCUT2D eigenvalue weighted by molar-refractivity contribution is -0.373. The van der Waals surface area contributed by atoms with Crippen LogP contribution in [0.3, 0.4) is 0 Å². The molecule has 2 aromatic carbocycles. The SMILES string of the molecule is CCc1ccc(CC)c(C2OC[C@@H]3OC(c4cc(CC)ccc4CC)O[C@H]([C@H](O)CO)[C@@H]3O2)c1. The summed E-state index contributed by atoms with van der Waals surface area (Å²) in [4.78, 5) is 0. The molecule has 0 spiro atoms. The van der Waals surface area contributed by atoms with E-state index in [1.807, 2.05) is 0 Å². The van der Waals surface area contributed by atoms with Crippen LogP contribution in [0.15, 0.2) is 36.4 Å². The highest BCUT2D eigenvalue weighted by molar-refractivity contribution is 5.35. The van der Waals surface area contributed by atoms with Crippen molar-refractivity contribution < 1.29 is 29.2 Å². The first-order chi connectivity index (χ1) is 16.5. The molecule has 2 heterocycles. The van der Waals surface area contributed by atoms with Crippen molar-refractivity contribution >= 4 is 0 Å². The van der Waals surface area contributed by atoms with Crippen molar-refractivity contribution in [2.75, 3.05) is 13.2 Å². The highest BCUT2D eigenvalue weighted by Crippen LogP contribution is 2.40. The average Bonchev–Trinajstić information content (AvgIpc) is 2.90. The van der Waals surface area contributed by atoms with Crippen molar-refractivity contribution in [3.05, 3.63) is 69.8 Å². The van der Waals surface area contributed by atoms with E-state index >= 15 is 0 Å². The van der Waals surface area contributed by atoms with Crippen LogP contribution in [-0.2, 0) is 44.6 Å². The first-order valence-corrected chi connectivity index (χ1v) is 12.6. The predicted octanol–water partition coefficient (Wildman–Crippen LogP) is 4.19. The second kappa shape index (κ2) is 11.3. The van der Waals surface area contributed by atoms with Gasteiger partial charge in [-0.1, -0.05) is 64.1 Å². The molecule has 2 saturated heterocycles. The molecule has 0 aromatic heterocycles. The molecule has 2 aromatic rings. The van der Waals surface area contributed by atoms with Gasteiger partial charge in [-0.15, -0.1) is 0 Å². The zero-order valence-corrected chi connectivity index (χ0v) is 20.7. The Balaban J connectivity index is 1.62. The minimum absolute atomic E-state index is 0.318. The number of rotatable bonds is 8. The zero-order chi connectivity index (χ0) is 24.2. The lowest BCUT2D eigenvalue weighted by Crippen LogP contribution is -2.58.